The Morgan fingerprint density at radius 2 is 2.12 bits per heavy atom. The monoisotopic (exact) mass is 241 g/mol. The number of aromatic nitrogens is 2. The second-order valence-corrected chi connectivity index (χ2v) is 6.32. The Morgan fingerprint density at radius 1 is 1.38 bits per heavy atom. The van der Waals surface area contributed by atoms with Crippen LogP contribution in [0.25, 0.3) is 0 Å². The van der Waals surface area contributed by atoms with Gasteiger partial charge in [0.1, 0.15) is 0 Å². The summed E-state index contributed by atoms with van der Waals surface area (Å²) in [6.45, 7) is 8.56. The first-order chi connectivity index (χ1) is 7.55. The highest BCUT2D eigenvalue weighted by molar-refractivity contribution is 7.98. The van der Waals surface area contributed by atoms with Gasteiger partial charge in [-0.3, -0.25) is 0 Å². The van der Waals surface area contributed by atoms with Crippen molar-refractivity contribution in [2.75, 3.05) is 18.8 Å². The number of hydrogen-bond donors (Lipinski definition) is 1. The van der Waals surface area contributed by atoms with Gasteiger partial charge in [-0.25, -0.2) is 0 Å². The average Bonchev–Trinajstić information content (AvgIpc) is 2.56. The molecule has 4 nitrogen and oxygen atoms in total. The Morgan fingerprint density at radius 3 is 2.62 bits per heavy atom. The molecule has 1 aliphatic rings. The van der Waals surface area contributed by atoms with E-state index >= 15 is 0 Å². The van der Waals surface area contributed by atoms with Crippen molar-refractivity contribution in [3.63, 3.8) is 0 Å². The van der Waals surface area contributed by atoms with E-state index in [9.17, 15) is 0 Å². The van der Waals surface area contributed by atoms with Crippen LogP contribution in [0.1, 0.15) is 32.6 Å². The molecule has 0 saturated carbocycles. The standard InChI is InChI=1S/C11H19N3OS/c1-11(2,3)10-14-13-9(15-10)7-16-6-8-4-12-5-8/h8,12H,4-7H2,1-3H3. The Kier molecular flexibility index (Phi) is 3.54. The van der Waals surface area contributed by atoms with Gasteiger partial charge in [0.2, 0.25) is 11.8 Å². The first-order valence-corrected chi connectivity index (χ1v) is 6.82. The summed E-state index contributed by atoms with van der Waals surface area (Å²) in [4.78, 5) is 0. The zero-order chi connectivity index (χ0) is 11.6. The maximum Gasteiger partial charge on any atom is 0.226 e. The lowest BCUT2D eigenvalue weighted by molar-refractivity contribution is 0.377. The molecule has 0 unspecified atom stereocenters. The van der Waals surface area contributed by atoms with Gasteiger partial charge in [0.25, 0.3) is 0 Å². The van der Waals surface area contributed by atoms with Gasteiger partial charge in [0, 0.05) is 5.41 Å². The Bertz CT molecular complexity index is 341. The van der Waals surface area contributed by atoms with E-state index in [0.29, 0.717) is 0 Å². The topological polar surface area (TPSA) is 51.0 Å². The van der Waals surface area contributed by atoms with Crippen LogP contribution in [-0.2, 0) is 11.2 Å². The number of nitrogens with zero attached hydrogens (tertiary/aromatic N) is 2. The Hall–Kier alpha value is -0.550. The number of hydrogen-bond acceptors (Lipinski definition) is 5. The maximum atomic E-state index is 5.62. The molecule has 0 atom stereocenters. The molecule has 0 bridgehead atoms. The minimum Gasteiger partial charge on any atom is -0.424 e. The molecule has 1 fully saturated rings. The summed E-state index contributed by atoms with van der Waals surface area (Å²) in [7, 11) is 0. The van der Waals surface area contributed by atoms with E-state index in [-0.39, 0.29) is 5.41 Å². The molecule has 0 spiro atoms. The van der Waals surface area contributed by atoms with Crippen molar-refractivity contribution in [3.05, 3.63) is 11.8 Å². The summed E-state index contributed by atoms with van der Waals surface area (Å²) in [5, 5.41) is 11.4. The van der Waals surface area contributed by atoms with Crippen molar-refractivity contribution in [3.8, 4) is 0 Å². The molecule has 0 aliphatic carbocycles. The number of nitrogens with one attached hydrogen (secondary N) is 1. The second-order valence-electron chi connectivity index (χ2n) is 5.29. The lowest BCUT2D eigenvalue weighted by atomic mass is 9.97. The van der Waals surface area contributed by atoms with Crippen molar-refractivity contribution in [1.82, 2.24) is 15.5 Å². The smallest absolute Gasteiger partial charge is 0.226 e. The van der Waals surface area contributed by atoms with E-state index in [1.54, 1.807) is 0 Å². The molecule has 1 aliphatic heterocycles. The fourth-order valence-corrected chi connectivity index (χ4v) is 2.37. The van der Waals surface area contributed by atoms with Gasteiger partial charge >= 0.3 is 0 Å². The van der Waals surface area contributed by atoms with Crippen LogP contribution in [0, 0.1) is 5.92 Å². The van der Waals surface area contributed by atoms with Crippen LogP contribution in [0.15, 0.2) is 4.42 Å². The van der Waals surface area contributed by atoms with Crippen LogP contribution in [0.5, 0.6) is 0 Å². The molecule has 1 saturated heterocycles. The third-order valence-corrected chi connectivity index (χ3v) is 3.71. The van der Waals surface area contributed by atoms with Gasteiger partial charge in [0.05, 0.1) is 5.75 Å². The van der Waals surface area contributed by atoms with Gasteiger partial charge < -0.3 is 9.73 Å². The molecular weight excluding hydrogens is 222 g/mol. The predicted octanol–water partition coefficient (Wildman–Crippen LogP) is 1.82. The second kappa shape index (κ2) is 4.75. The van der Waals surface area contributed by atoms with Crippen LogP contribution in [-0.4, -0.2) is 29.0 Å². The first-order valence-electron chi connectivity index (χ1n) is 5.67. The molecule has 5 heteroatoms. The molecular formula is C11H19N3OS. The van der Waals surface area contributed by atoms with Crippen LogP contribution in [0.3, 0.4) is 0 Å². The van der Waals surface area contributed by atoms with Crippen LogP contribution in [0.4, 0.5) is 0 Å². The Balaban J connectivity index is 1.78. The fourth-order valence-electron chi connectivity index (χ4n) is 1.39. The molecule has 1 aromatic heterocycles. The SMILES string of the molecule is CC(C)(C)c1nnc(CSCC2CNC2)o1. The largest absolute Gasteiger partial charge is 0.424 e. The van der Waals surface area contributed by atoms with Crippen molar-refractivity contribution in [2.24, 2.45) is 5.92 Å². The molecule has 1 N–H and O–H groups in total. The quantitative estimate of drug-likeness (QED) is 0.871. The summed E-state index contributed by atoms with van der Waals surface area (Å²) in [6.07, 6.45) is 0. The highest BCUT2D eigenvalue weighted by Gasteiger charge is 2.21. The normalized spacial score (nSPS) is 17.4. The number of rotatable bonds is 4. The summed E-state index contributed by atoms with van der Waals surface area (Å²) < 4.78 is 5.62. The third-order valence-electron chi connectivity index (χ3n) is 2.55. The average molecular weight is 241 g/mol. The maximum absolute atomic E-state index is 5.62. The summed E-state index contributed by atoms with van der Waals surface area (Å²) in [5.74, 6) is 4.32. The molecule has 0 aromatic carbocycles. The molecule has 2 rings (SSSR count). The van der Waals surface area contributed by atoms with Crippen LogP contribution in [0.2, 0.25) is 0 Å². The number of thioether (sulfide) groups is 1. The molecule has 1 aromatic rings. The highest BCUT2D eigenvalue weighted by atomic mass is 32.2. The lowest BCUT2D eigenvalue weighted by Gasteiger charge is -2.26. The summed E-state index contributed by atoms with van der Waals surface area (Å²) >= 11 is 1.88. The van der Waals surface area contributed by atoms with E-state index in [4.69, 9.17) is 4.42 Å². The molecule has 90 valence electrons. The van der Waals surface area contributed by atoms with E-state index in [1.807, 2.05) is 11.8 Å². The van der Waals surface area contributed by atoms with Crippen LogP contribution >= 0.6 is 11.8 Å². The van der Waals surface area contributed by atoms with Crippen molar-refractivity contribution in [1.29, 1.82) is 0 Å². The molecule has 0 amide bonds. The van der Waals surface area contributed by atoms with E-state index in [2.05, 4.69) is 36.3 Å². The zero-order valence-corrected chi connectivity index (χ0v) is 10.9. The minimum absolute atomic E-state index is 0.0478. The van der Waals surface area contributed by atoms with Crippen molar-refractivity contribution in [2.45, 2.75) is 31.9 Å². The van der Waals surface area contributed by atoms with Gasteiger partial charge in [-0.2, -0.15) is 11.8 Å². The van der Waals surface area contributed by atoms with Gasteiger partial charge in [0.15, 0.2) is 0 Å². The van der Waals surface area contributed by atoms with E-state index in [0.717, 1.165) is 36.5 Å². The van der Waals surface area contributed by atoms with Gasteiger partial charge in [-0.15, -0.1) is 10.2 Å². The fraction of sp³-hybridized carbons (Fsp3) is 0.818. The van der Waals surface area contributed by atoms with E-state index in [1.165, 1.54) is 5.75 Å². The molecule has 2 heterocycles. The van der Waals surface area contributed by atoms with Crippen molar-refractivity contribution >= 4 is 11.8 Å². The first kappa shape index (κ1) is 11.9. The third kappa shape index (κ3) is 2.98. The van der Waals surface area contributed by atoms with Gasteiger partial charge in [-0.05, 0) is 24.8 Å². The summed E-state index contributed by atoms with van der Waals surface area (Å²) in [5.41, 5.74) is -0.0478. The van der Waals surface area contributed by atoms with Gasteiger partial charge in [-0.1, -0.05) is 20.8 Å². The summed E-state index contributed by atoms with van der Waals surface area (Å²) in [6, 6.07) is 0. The lowest BCUT2D eigenvalue weighted by Crippen LogP contribution is -2.43. The Labute approximate surface area is 101 Å². The minimum atomic E-state index is -0.0478. The van der Waals surface area contributed by atoms with E-state index < -0.39 is 0 Å². The predicted molar refractivity (Wildman–Crippen MR) is 65.5 cm³/mol. The molecule has 0 radical (unpaired) electrons. The zero-order valence-electron chi connectivity index (χ0n) is 10.1. The highest BCUT2D eigenvalue weighted by Crippen LogP contribution is 2.22. The van der Waals surface area contributed by atoms with Crippen molar-refractivity contribution < 1.29 is 4.42 Å². The van der Waals surface area contributed by atoms with Crippen LogP contribution < -0.4 is 5.32 Å². The molecule has 16 heavy (non-hydrogen) atoms.